The summed E-state index contributed by atoms with van der Waals surface area (Å²) in [6, 6.07) is 12.9. The third-order valence-electron chi connectivity index (χ3n) is 5.07. The van der Waals surface area contributed by atoms with Crippen molar-refractivity contribution < 1.29 is 11.3 Å². The first-order valence-electron chi connectivity index (χ1n) is 9.36. The first-order chi connectivity index (χ1) is 12.6. The molecule has 2 aliphatic heterocycles. The Labute approximate surface area is 156 Å². The molecule has 4 rings (SSSR count). The maximum absolute atomic E-state index is 12.5. The number of aliphatic hydroxyl groups is 1. The summed E-state index contributed by atoms with van der Waals surface area (Å²) in [6.07, 6.45) is 6.53. The molecule has 5 heteroatoms. The van der Waals surface area contributed by atoms with Gasteiger partial charge in [0, 0.05) is 37.6 Å². The zero-order valence-electron chi connectivity index (χ0n) is 15.5. The minimum absolute atomic E-state index is 0. The van der Waals surface area contributed by atoms with Crippen molar-refractivity contribution in [2.75, 3.05) is 11.9 Å². The molecule has 5 nitrogen and oxygen atoms in total. The largest absolute Gasteiger partial charge is 0.397 e. The topological polar surface area (TPSA) is 65.5 Å². The highest BCUT2D eigenvalue weighted by Gasteiger charge is 2.44. The summed E-state index contributed by atoms with van der Waals surface area (Å²) in [7, 11) is 0. The van der Waals surface area contributed by atoms with Gasteiger partial charge in [-0.05, 0) is 69.4 Å². The number of carbonyl (C=O) groups is 1. The van der Waals surface area contributed by atoms with E-state index < -0.39 is 0 Å². The van der Waals surface area contributed by atoms with Gasteiger partial charge < -0.3 is 15.3 Å². The number of carbonyl (C=O) groups excluding carboxylic acids is 1. The molecule has 2 aliphatic rings. The number of hydrogen-bond donors (Lipinski definition) is 2. The van der Waals surface area contributed by atoms with Crippen LogP contribution < -0.4 is 5.32 Å². The van der Waals surface area contributed by atoms with Crippen molar-refractivity contribution >= 4 is 11.7 Å². The van der Waals surface area contributed by atoms with E-state index >= 15 is 0 Å². The summed E-state index contributed by atoms with van der Waals surface area (Å²) < 4.78 is 0. The van der Waals surface area contributed by atoms with Crippen LogP contribution in [0.15, 0.2) is 42.6 Å². The third kappa shape index (κ3) is 3.88. The van der Waals surface area contributed by atoms with E-state index in [0.717, 1.165) is 35.3 Å². The predicted molar refractivity (Wildman–Crippen MR) is 106 cm³/mol. The van der Waals surface area contributed by atoms with Crippen molar-refractivity contribution in [1.29, 1.82) is 0 Å². The Morgan fingerprint density at radius 2 is 2.04 bits per heavy atom. The number of aromatic nitrogens is 1. The van der Waals surface area contributed by atoms with Crippen LogP contribution in [0.2, 0.25) is 0 Å². The zero-order valence-corrected chi connectivity index (χ0v) is 15.5. The molecule has 0 spiro atoms. The fourth-order valence-corrected chi connectivity index (χ4v) is 3.82. The van der Waals surface area contributed by atoms with Gasteiger partial charge in [0.1, 0.15) is 0 Å². The van der Waals surface area contributed by atoms with Gasteiger partial charge in [-0.3, -0.25) is 4.98 Å². The molecule has 0 saturated carbocycles. The molecule has 2 unspecified atom stereocenters. The van der Waals surface area contributed by atoms with E-state index in [1.165, 1.54) is 12.8 Å². The van der Waals surface area contributed by atoms with Crippen molar-refractivity contribution in [3.8, 4) is 11.3 Å². The quantitative estimate of drug-likeness (QED) is 0.836. The van der Waals surface area contributed by atoms with Crippen molar-refractivity contribution in [3.63, 3.8) is 0 Å². The number of nitrogens with zero attached hydrogens (tertiary/aromatic N) is 2. The molecule has 3 heterocycles. The summed E-state index contributed by atoms with van der Waals surface area (Å²) in [6.45, 7) is 4.00. The lowest BCUT2D eigenvalue weighted by molar-refractivity contribution is 0.0173. The Hall–Kier alpha value is -2.40. The number of hydrogen-bond acceptors (Lipinski definition) is 3. The van der Waals surface area contributed by atoms with Gasteiger partial charge in [-0.1, -0.05) is 12.1 Å². The minimum atomic E-state index is 0. The summed E-state index contributed by atoms with van der Waals surface area (Å²) in [5, 5.41) is 10.6. The van der Waals surface area contributed by atoms with Gasteiger partial charge in [-0.2, -0.15) is 0 Å². The zero-order chi connectivity index (χ0) is 18.5. The van der Waals surface area contributed by atoms with Crippen LogP contribution >= 0.6 is 0 Å². The van der Waals surface area contributed by atoms with E-state index in [1.54, 1.807) is 13.1 Å². The number of urea groups is 1. The number of pyridine rings is 1. The number of fused-ring (bicyclic) bond motifs is 2. The van der Waals surface area contributed by atoms with Crippen LogP contribution in [0.5, 0.6) is 0 Å². The Morgan fingerprint density at radius 1 is 1.31 bits per heavy atom. The number of aryl methyl sites for hydroxylation is 1. The number of rotatable bonds is 2. The smallest absolute Gasteiger partial charge is 0.322 e. The molecule has 2 fully saturated rings. The molecule has 2 atom stereocenters. The van der Waals surface area contributed by atoms with Crippen LogP contribution in [-0.4, -0.2) is 39.7 Å². The fraction of sp³-hybridized carbons (Fsp3) is 0.429. The van der Waals surface area contributed by atoms with E-state index in [1.807, 2.05) is 41.3 Å². The van der Waals surface area contributed by atoms with Crippen molar-refractivity contribution in [1.82, 2.24) is 9.88 Å². The standard InChI is InChI=1S/C19H21N3O.C2H6O.H2/c1-13-8-9-14(11-17(13)18-7-2-3-10-20-18)21-19(23)22-15-5-4-6-16(22)12-15;1-2-3;/h2-3,7-11,15-16H,4-6,12H2,1H3,(H,21,23);3H,2H2,1H3;1H. The average Bonchev–Trinajstić information content (AvgIpc) is 2.65. The molecule has 140 valence electrons. The van der Waals surface area contributed by atoms with Crippen molar-refractivity contribution in [2.24, 2.45) is 0 Å². The summed E-state index contributed by atoms with van der Waals surface area (Å²) in [5.41, 5.74) is 3.99. The van der Waals surface area contributed by atoms with Gasteiger partial charge in [0.25, 0.3) is 0 Å². The van der Waals surface area contributed by atoms with Gasteiger partial charge in [0.2, 0.25) is 0 Å². The van der Waals surface area contributed by atoms with Crippen LogP contribution in [0.25, 0.3) is 11.3 Å². The maximum atomic E-state index is 12.5. The molecular formula is C21H29N3O2. The average molecular weight is 355 g/mol. The minimum Gasteiger partial charge on any atom is -0.397 e. The molecule has 2 amide bonds. The number of benzene rings is 1. The Bertz CT molecular complexity index is 740. The SMILES string of the molecule is CCO.Cc1ccc(NC(=O)N2C3CCCC2C3)cc1-c1ccccn1.[HH]. The Morgan fingerprint density at radius 3 is 2.65 bits per heavy atom. The highest BCUT2D eigenvalue weighted by molar-refractivity contribution is 5.91. The molecule has 2 saturated heterocycles. The van der Waals surface area contributed by atoms with Crippen LogP contribution in [0, 0.1) is 6.92 Å². The number of piperidine rings is 1. The first-order valence-corrected chi connectivity index (χ1v) is 9.36. The van der Waals surface area contributed by atoms with Gasteiger partial charge in [-0.25, -0.2) is 4.79 Å². The van der Waals surface area contributed by atoms with Gasteiger partial charge in [-0.15, -0.1) is 0 Å². The lowest BCUT2D eigenvalue weighted by atomic mass is 9.80. The number of amides is 2. The lowest BCUT2D eigenvalue weighted by Crippen LogP contribution is -2.62. The predicted octanol–water partition coefficient (Wildman–Crippen LogP) is 4.46. The highest BCUT2D eigenvalue weighted by atomic mass is 16.2. The van der Waals surface area contributed by atoms with Crippen molar-refractivity contribution in [2.45, 2.75) is 51.6 Å². The maximum Gasteiger partial charge on any atom is 0.322 e. The molecular weight excluding hydrogens is 326 g/mol. The van der Waals surface area contributed by atoms with Gasteiger partial charge in [0.05, 0.1) is 5.69 Å². The molecule has 2 bridgehead atoms. The van der Waals surface area contributed by atoms with E-state index in [0.29, 0.717) is 12.1 Å². The van der Waals surface area contributed by atoms with E-state index in [4.69, 9.17) is 5.11 Å². The molecule has 1 aromatic heterocycles. The highest BCUT2D eigenvalue weighted by Crippen LogP contribution is 2.38. The molecule has 2 N–H and O–H groups in total. The third-order valence-corrected chi connectivity index (χ3v) is 5.07. The first kappa shape index (κ1) is 18.4. The monoisotopic (exact) mass is 355 g/mol. The van der Waals surface area contributed by atoms with E-state index in [-0.39, 0.29) is 14.1 Å². The van der Waals surface area contributed by atoms with Crippen molar-refractivity contribution in [3.05, 3.63) is 48.2 Å². The molecule has 0 aliphatic carbocycles. The molecule has 2 aromatic rings. The second-order valence-electron chi connectivity index (χ2n) is 6.87. The molecule has 0 radical (unpaired) electrons. The van der Waals surface area contributed by atoms with Gasteiger partial charge in [0.15, 0.2) is 0 Å². The van der Waals surface area contributed by atoms with Crippen LogP contribution in [-0.2, 0) is 0 Å². The molecule has 1 aromatic carbocycles. The fourth-order valence-electron chi connectivity index (χ4n) is 3.82. The summed E-state index contributed by atoms with van der Waals surface area (Å²) >= 11 is 0. The van der Waals surface area contributed by atoms with Gasteiger partial charge >= 0.3 is 6.03 Å². The van der Waals surface area contributed by atoms with Crippen LogP contribution in [0.4, 0.5) is 10.5 Å². The van der Waals surface area contributed by atoms with E-state index in [9.17, 15) is 4.79 Å². The number of aliphatic hydroxyl groups excluding tert-OH is 1. The Kier molecular flexibility index (Phi) is 5.89. The van der Waals surface area contributed by atoms with Crippen LogP contribution in [0.1, 0.15) is 39.6 Å². The Balaban J connectivity index is 0.000000614. The second kappa shape index (κ2) is 8.32. The second-order valence-corrected chi connectivity index (χ2v) is 6.87. The number of nitrogens with one attached hydrogen (secondary N) is 1. The normalized spacial score (nSPS) is 20.5. The molecule has 26 heavy (non-hydrogen) atoms. The summed E-state index contributed by atoms with van der Waals surface area (Å²) in [4.78, 5) is 19.0. The van der Waals surface area contributed by atoms with Crippen LogP contribution in [0.3, 0.4) is 0 Å². The summed E-state index contributed by atoms with van der Waals surface area (Å²) in [5.74, 6) is 0. The number of anilines is 1. The van der Waals surface area contributed by atoms with E-state index in [2.05, 4.69) is 17.2 Å². The lowest BCUT2D eigenvalue weighted by Gasteiger charge is -2.52.